The third kappa shape index (κ3) is 3.45. The first-order valence-electron chi connectivity index (χ1n) is 12.1. The third-order valence-electron chi connectivity index (χ3n) is 7.24. The molecular formula is C29H26N2O4. The minimum atomic E-state index is 0.140. The van der Waals surface area contributed by atoms with Crippen LogP contribution in [0.25, 0.3) is 38.6 Å². The zero-order chi connectivity index (χ0) is 23.2. The van der Waals surface area contributed by atoms with Gasteiger partial charge in [0.1, 0.15) is 19.2 Å². The quantitative estimate of drug-likeness (QED) is 0.330. The molecule has 6 nitrogen and oxygen atoms in total. The van der Waals surface area contributed by atoms with Gasteiger partial charge in [-0.1, -0.05) is 60.7 Å². The topological polar surface area (TPSA) is 54.2 Å². The number of ether oxygens (including phenoxy) is 4. The number of nitrogens with zero attached hydrogens (tertiary/aromatic N) is 2. The fourth-order valence-electron chi connectivity index (χ4n) is 5.67. The summed E-state index contributed by atoms with van der Waals surface area (Å²) in [4.78, 5) is 4.98. The molecule has 0 bridgehead atoms. The average molecular weight is 467 g/mol. The summed E-state index contributed by atoms with van der Waals surface area (Å²) in [5, 5.41) is 3.57. The Kier molecular flexibility index (Phi) is 5.25. The molecular weight excluding hydrogens is 440 g/mol. The van der Waals surface area contributed by atoms with Gasteiger partial charge in [0.2, 0.25) is 0 Å². The summed E-state index contributed by atoms with van der Waals surface area (Å²) in [5.41, 5.74) is 6.78. The van der Waals surface area contributed by atoms with Crippen molar-refractivity contribution in [2.24, 2.45) is 0 Å². The summed E-state index contributed by atoms with van der Waals surface area (Å²) >= 11 is 0. The van der Waals surface area contributed by atoms with Gasteiger partial charge in [-0.3, -0.25) is 4.40 Å². The van der Waals surface area contributed by atoms with E-state index >= 15 is 0 Å². The maximum absolute atomic E-state index is 5.72. The molecule has 3 aromatic carbocycles. The highest BCUT2D eigenvalue weighted by Crippen LogP contribution is 2.40. The zero-order valence-electron chi connectivity index (χ0n) is 19.4. The Morgan fingerprint density at radius 3 is 1.86 bits per heavy atom. The van der Waals surface area contributed by atoms with Crippen molar-refractivity contribution in [3.63, 3.8) is 0 Å². The Labute approximate surface area is 203 Å². The number of rotatable bonds is 3. The third-order valence-corrected chi connectivity index (χ3v) is 7.24. The van der Waals surface area contributed by atoms with E-state index in [0.29, 0.717) is 40.0 Å². The average Bonchev–Trinajstić information content (AvgIpc) is 3.39. The number of aromatic nitrogens is 2. The molecule has 7 rings (SSSR count). The van der Waals surface area contributed by atoms with E-state index in [9.17, 15) is 0 Å². The number of imidazole rings is 1. The lowest BCUT2D eigenvalue weighted by atomic mass is 9.85. The van der Waals surface area contributed by atoms with E-state index in [1.165, 1.54) is 27.5 Å². The van der Waals surface area contributed by atoms with Crippen LogP contribution >= 0.6 is 0 Å². The van der Waals surface area contributed by atoms with Gasteiger partial charge in [-0.2, -0.15) is 0 Å². The lowest BCUT2D eigenvalue weighted by Gasteiger charge is -2.29. The fraction of sp³-hybridized carbons (Fsp3) is 0.276. The lowest BCUT2D eigenvalue weighted by Crippen LogP contribution is -2.25. The van der Waals surface area contributed by atoms with Crippen LogP contribution in [0, 0.1) is 0 Å². The van der Waals surface area contributed by atoms with E-state index in [1.807, 2.05) is 6.20 Å². The van der Waals surface area contributed by atoms with E-state index < -0.39 is 0 Å². The summed E-state index contributed by atoms with van der Waals surface area (Å²) in [6, 6.07) is 23.6. The van der Waals surface area contributed by atoms with E-state index in [-0.39, 0.29) is 11.8 Å². The van der Waals surface area contributed by atoms with Crippen molar-refractivity contribution in [1.82, 2.24) is 9.38 Å². The Morgan fingerprint density at radius 1 is 0.629 bits per heavy atom. The summed E-state index contributed by atoms with van der Waals surface area (Å²) in [6.07, 6.45) is 2.02. The van der Waals surface area contributed by atoms with Gasteiger partial charge < -0.3 is 18.9 Å². The summed E-state index contributed by atoms with van der Waals surface area (Å²) in [5.74, 6) is 0.280. The van der Waals surface area contributed by atoms with E-state index in [4.69, 9.17) is 23.9 Å². The van der Waals surface area contributed by atoms with Gasteiger partial charge in [0.05, 0.1) is 43.8 Å². The maximum Gasteiger partial charge on any atom is 0.146 e. The summed E-state index contributed by atoms with van der Waals surface area (Å²) in [7, 11) is 0. The molecule has 4 heterocycles. The largest absolute Gasteiger partial charge is 0.355 e. The van der Waals surface area contributed by atoms with E-state index in [2.05, 4.69) is 71.1 Å². The number of pyridine rings is 1. The van der Waals surface area contributed by atoms with Crippen LogP contribution in [0.15, 0.2) is 72.9 Å². The molecule has 0 atom stereocenters. The monoisotopic (exact) mass is 466 g/mol. The zero-order valence-corrected chi connectivity index (χ0v) is 19.4. The Morgan fingerprint density at radius 2 is 1.20 bits per heavy atom. The molecule has 2 aliphatic heterocycles. The van der Waals surface area contributed by atoms with Crippen molar-refractivity contribution in [1.29, 1.82) is 0 Å². The molecule has 2 saturated heterocycles. The molecule has 0 amide bonds. The maximum atomic E-state index is 5.72. The van der Waals surface area contributed by atoms with Gasteiger partial charge in [0.25, 0.3) is 0 Å². The smallest absolute Gasteiger partial charge is 0.146 e. The second-order valence-electron chi connectivity index (χ2n) is 9.29. The van der Waals surface area contributed by atoms with Gasteiger partial charge in [-0.05, 0) is 22.6 Å². The molecule has 0 radical (unpaired) electrons. The fourth-order valence-corrected chi connectivity index (χ4v) is 5.67. The van der Waals surface area contributed by atoms with Crippen LogP contribution in [0.4, 0.5) is 0 Å². The molecule has 0 N–H and O–H groups in total. The molecule has 6 heteroatoms. The number of hydrogen-bond donors (Lipinski definition) is 0. The normalized spacial score (nSPS) is 18.1. The number of para-hydroxylation sites is 1. The van der Waals surface area contributed by atoms with Crippen LogP contribution in [-0.4, -0.2) is 49.4 Å². The molecule has 0 spiro atoms. The van der Waals surface area contributed by atoms with E-state index in [0.717, 1.165) is 22.2 Å². The van der Waals surface area contributed by atoms with Crippen molar-refractivity contribution in [3.8, 4) is 11.3 Å². The molecule has 0 aliphatic carbocycles. The predicted octanol–water partition coefficient (Wildman–Crippen LogP) is 5.48. The van der Waals surface area contributed by atoms with Gasteiger partial charge in [0, 0.05) is 28.2 Å². The predicted molar refractivity (Wildman–Crippen MR) is 135 cm³/mol. The first kappa shape index (κ1) is 21.0. The first-order chi connectivity index (χ1) is 17.4. The van der Waals surface area contributed by atoms with Crippen LogP contribution in [-0.2, 0) is 18.9 Å². The van der Waals surface area contributed by atoms with Gasteiger partial charge in [0.15, 0.2) is 0 Å². The number of fused-ring (bicyclic) bond motifs is 6. The van der Waals surface area contributed by atoms with Crippen molar-refractivity contribution in [3.05, 3.63) is 84.1 Å². The molecule has 35 heavy (non-hydrogen) atoms. The Hall–Kier alpha value is -3.29. The van der Waals surface area contributed by atoms with Gasteiger partial charge >= 0.3 is 0 Å². The molecule has 0 saturated carbocycles. The van der Waals surface area contributed by atoms with Gasteiger partial charge in [-0.25, -0.2) is 4.98 Å². The van der Waals surface area contributed by atoms with Crippen LogP contribution in [0.2, 0.25) is 0 Å². The van der Waals surface area contributed by atoms with Crippen molar-refractivity contribution in [2.75, 3.05) is 40.0 Å². The second-order valence-corrected chi connectivity index (χ2v) is 9.29. The van der Waals surface area contributed by atoms with Crippen molar-refractivity contribution >= 4 is 27.3 Å². The minimum absolute atomic E-state index is 0.140. The van der Waals surface area contributed by atoms with Gasteiger partial charge in [-0.15, -0.1) is 0 Å². The van der Waals surface area contributed by atoms with Crippen LogP contribution in [0.5, 0.6) is 0 Å². The number of hydrogen-bond acceptors (Lipinski definition) is 5. The molecule has 2 fully saturated rings. The van der Waals surface area contributed by atoms with Crippen LogP contribution in [0.3, 0.4) is 0 Å². The van der Waals surface area contributed by atoms with Crippen LogP contribution < -0.4 is 0 Å². The van der Waals surface area contributed by atoms with E-state index in [1.54, 1.807) is 0 Å². The number of benzene rings is 3. The van der Waals surface area contributed by atoms with Crippen LogP contribution in [0.1, 0.15) is 23.0 Å². The lowest BCUT2D eigenvalue weighted by molar-refractivity contribution is -0.109. The Bertz CT molecular complexity index is 1490. The summed E-state index contributed by atoms with van der Waals surface area (Å²) < 4.78 is 25.2. The molecule has 2 aliphatic rings. The molecule has 2 aromatic heterocycles. The SMILES string of the molecule is c1cc(C2COCOC2)c(-c2cnc3c4ccccc4c4ccccc4n23)c(C2COCOC2)c1. The molecule has 176 valence electrons. The minimum Gasteiger partial charge on any atom is -0.355 e. The highest BCUT2D eigenvalue weighted by Gasteiger charge is 2.28. The standard InChI is InChI=1S/C29H26N2O4/c1-2-8-25-23(6-1)24-7-3-4-11-26(24)31-27(12-30-29(25)31)28-21(19-13-32-17-33-14-19)9-5-10-22(28)20-15-34-18-35-16-20/h1-12,19-20H,13-18H2. The highest BCUT2D eigenvalue weighted by molar-refractivity contribution is 6.12. The highest BCUT2D eigenvalue weighted by atomic mass is 16.7. The second kappa shape index (κ2) is 8.73. The summed E-state index contributed by atoms with van der Waals surface area (Å²) in [6.45, 7) is 3.23. The first-order valence-corrected chi connectivity index (χ1v) is 12.1. The van der Waals surface area contributed by atoms with Crippen molar-refractivity contribution in [2.45, 2.75) is 11.8 Å². The molecule has 5 aromatic rings. The van der Waals surface area contributed by atoms with Crippen molar-refractivity contribution < 1.29 is 18.9 Å². The Balaban J connectivity index is 1.56. The molecule has 0 unspecified atom stereocenters.